The second kappa shape index (κ2) is 9.62. The monoisotopic (exact) mass is 367 g/mol. The summed E-state index contributed by atoms with van der Waals surface area (Å²) in [6, 6.07) is 23.6. The molecule has 3 heteroatoms. The highest BCUT2D eigenvalue weighted by atomic mass is 31.1. The molecule has 1 atom stereocenters. The van der Waals surface area contributed by atoms with Gasteiger partial charge in [0.15, 0.2) is 10.6 Å². The Balaban J connectivity index is 0.000000186. The van der Waals surface area contributed by atoms with E-state index in [4.69, 9.17) is 0 Å². The molecule has 0 fully saturated rings. The summed E-state index contributed by atoms with van der Waals surface area (Å²) in [5, 5.41) is 1.77. The molecule has 25 heavy (non-hydrogen) atoms. The second-order valence-corrected chi connectivity index (χ2v) is 8.08. The Hall–Kier alpha value is -1.81. The summed E-state index contributed by atoms with van der Waals surface area (Å²) in [6.07, 6.45) is 1.07. The van der Waals surface area contributed by atoms with Gasteiger partial charge in [0.05, 0.1) is 0 Å². The van der Waals surface area contributed by atoms with Crippen molar-refractivity contribution in [2.24, 2.45) is 0 Å². The summed E-state index contributed by atoms with van der Waals surface area (Å²) in [4.78, 5) is 0. The predicted molar refractivity (Wildman–Crippen MR) is 114 cm³/mol. The molecule has 0 radical (unpaired) electrons. The standard InChI is InChI=1S/C12H10OP.C10H15P/c13-14(11-7-3-1-4-8-11)12-9-5-2-6-10-12;1-7-4-8(2)10(6-11)9(3)5-7/h1-10H;4-5H,6,11H2,1-3H3/q+1;. The molecule has 0 bridgehead atoms. The maximum atomic E-state index is 12.0. The van der Waals surface area contributed by atoms with Gasteiger partial charge in [-0.2, -0.15) is 0 Å². The molecular formula is C22H25OP2+. The first-order chi connectivity index (χ1) is 12.0. The third-order valence-corrected chi connectivity index (χ3v) is 5.97. The van der Waals surface area contributed by atoms with Gasteiger partial charge in [0.25, 0.3) is 0 Å². The van der Waals surface area contributed by atoms with Gasteiger partial charge < -0.3 is 0 Å². The fraction of sp³-hybridized carbons (Fsp3) is 0.182. The fourth-order valence-corrected chi connectivity index (χ4v) is 4.64. The summed E-state index contributed by atoms with van der Waals surface area (Å²) >= 11 is 0. The van der Waals surface area contributed by atoms with Gasteiger partial charge in [-0.3, -0.25) is 0 Å². The topological polar surface area (TPSA) is 17.1 Å². The van der Waals surface area contributed by atoms with Crippen LogP contribution < -0.4 is 10.6 Å². The molecule has 0 N–H and O–H groups in total. The highest BCUT2D eigenvalue weighted by Gasteiger charge is 2.21. The molecule has 0 aromatic heterocycles. The summed E-state index contributed by atoms with van der Waals surface area (Å²) < 4.78 is 12.0. The van der Waals surface area contributed by atoms with Gasteiger partial charge in [0.2, 0.25) is 0 Å². The Morgan fingerprint density at radius 3 is 1.52 bits per heavy atom. The van der Waals surface area contributed by atoms with Crippen molar-refractivity contribution in [2.75, 3.05) is 0 Å². The molecule has 0 amide bonds. The average Bonchev–Trinajstić information content (AvgIpc) is 2.63. The Labute approximate surface area is 154 Å². The first-order valence-electron chi connectivity index (χ1n) is 8.37. The molecule has 1 nitrogen and oxygen atoms in total. The lowest BCUT2D eigenvalue weighted by atomic mass is 10.0. The highest BCUT2D eigenvalue weighted by molar-refractivity contribution is 7.61. The number of rotatable bonds is 3. The van der Waals surface area contributed by atoms with Crippen LogP contribution in [-0.2, 0) is 10.7 Å². The number of hydrogen-bond donors (Lipinski definition) is 0. The zero-order valence-corrected chi connectivity index (χ0v) is 17.1. The van der Waals surface area contributed by atoms with Crippen LogP contribution in [0.3, 0.4) is 0 Å². The lowest BCUT2D eigenvalue weighted by molar-refractivity contribution is 0.598. The maximum Gasteiger partial charge on any atom is 0.415 e. The molecular weight excluding hydrogens is 342 g/mol. The van der Waals surface area contributed by atoms with Crippen LogP contribution in [0.5, 0.6) is 0 Å². The molecule has 0 aliphatic carbocycles. The third kappa shape index (κ3) is 5.60. The van der Waals surface area contributed by atoms with Crippen LogP contribution in [0.4, 0.5) is 0 Å². The Kier molecular flexibility index (Phi) is 7.51. The van der Waals surface area contributed by atoms with Crippen molar-refractivity contribution in [3.8, 4) is 0 Å². The van der Waals surface area contributed by atoms with Crippen LogP contribution in [-0.4, -0.2) is 0 Å². The van der Waals surface area contributed by atoms with Crippen LogP contribution in [0.1, 0.15) is 22.3 Å². The maximum absolute atomic E-state index is 12.0. The van der Waals surface area contributed by atoms with E-state index in [1.54, 1.807) is 0 Å². The molecule has 0 heterocycles. The summed E-state index contributed by atoms with van der Waals surface area (Å²) in [5.41, 5.74) is 5.66. The van der Waals surface area contributed by atoms with E-state index in [-0.39, 0.29) is 0 Å². The van der Waals surface area contributed by atoms with Gasteiger partial charge in [-0.25, -0.2) is 0 Å². The van der Waals surface area contributed by atoms with E-state index in [0.717, 1.165) is 16.8 Å². The molecule has 3 aromatic carbocycles. The van der Waals surface area contributed by atoms with Crippen LogP contribution in [0.25, 0.3) is 0 Å². The first-order valence-corrected chi connectivity index (χ1v) is 10.4. The molecule has 128 valence electrons. The van der Waals surface area contributed by atoms with E-state index < -0.39 is 7.80 Å². The summed E-state index contributed by atoms with van der Waals surface area (Å²) in [5.74, 6) is 0. The molecule has 0 saturated carbocycles. The summed E-state index contributed by atoms with van der Waals surface area (Å²) in [6.45, 7) is 6.51. The number of benzene rings is 3. The SMILES string of the molecule is Cc1cc(C)c(CP)c(C)c1.O=[P+](c1ccccc1)c1ccccc1. The molecule has 3 rings (SSSR count). The normalized spacial score (nSPS) is 9.92. The van der Waals surface area contributed by atoms with Gasteiger partial charge in [-0.05, 0) is 67.9 Å². The van der Waals surface area contributed by atoms with Crippen molar-refractivity contribution >= 4 is 27.6 Å². The van der Waals surface area contributed by atoms with Gasteiger partial charge in [0, 0.05) is 0 Å². The second-order valence-electron chi connectivity index (χ2n) is 6.05. The van der Waals surface area contributed by atoms with Crippen LogP contribution in [0, 0.1) is 20.8 Å². The minimum Gasteiger partial charge on any atom is -0.133 e. The van der Waals surface area contributed by atoms with E-state index in [2.05, 4.69) is 42.1 Å². The minimum absolute atomic E-state index is 0.883. The van der Waals surface area contributed by atoms with E-state index in [9.17, 15) is 4.57 Å². The van der Waals surface area contributed by atoms with Gasteiger partial charge in [0.1, 0.15) is 0 Å². The Morgan fingerprint density at radius 1 is 0.760 bits per heavy atom. The van der Waals surface area contributed by atoms with Gasteiger partial charge >= 0.3 is 7.80 Å². The van der Waals surface area contributed by atoms with Crippen molar-refractivity contribution in [3.05, 3.63) is 95.1 Å². The van der Waals surface area contributed by atoms with E-state index in [1.165, 1.54) is 22.3 Å². The van der Waals surface area contributed by atoms with Crippen molar-refractivity contribution in [2.45, 2.75) is 26.9 Å². The first kappa shape index (κ1) is 19.5. The van der Waals surface area contributed by atoms with Crippen LogP contribution in [0.15, 0.2) is 72.8 Å². The highest BCUT2D eigenvalue weighted by Crippen LogP contribution is 2.19. The smallest absolute Gasteiger partial charge is 0.133 e. The van der Waals surface area contributed by atoms with Crippen molar-refractivity contribution in [1.29, 1.82) is 0 Å². The third-order valence-electron chi connectivity index (χ3n) is 4.03. The largest absolute Gasteiger partial charge is 0.415 e. The lowest BCUT2D eigenvalue weighted by Crippen LogP contribution is -2.04. The Morgan fingerprint density at radius 2 is 1.16 bits per heavy atom. The van der Waals surface area contributed by atoms with E-state index >= 15 is 0 Å². The van der Waals surface area contributed by atoms with Crippen LogP contribution in [0.2, 0.25) is 0 Å². The molecule has 1 unspecified atom stereocenters. The van der Waals surface area contributed by atoms with Crippen molar-refractivity contribution in [1.82, 2.24) is 0 Å². The zero-order valence-electron chi connectivity index (χ0n) is 15.1. The predicted octanol–water partition coefficient (Wildman–Crippen LogP) is 5.45. The van der Waals surface area contributed by atoms with Crippen LogP contribution >= 0.6 is 17.0 Å². The molecule has 0 saturated heterocycles. The molecule has 0 spiro atoms. The fourth-order valence-electron chi connectivity index (χ4n) is 2.81. The van der Waals surface area contributed by atoms with Gasteiger partial charge in [-0.1, -0.05) is 58.7 Å². The average molecular weight is 367 g/mol. The minimum atomic E-state index is -1.42. The number of aryl methyl sites for hydroxylation is 3. The van der Waals surface area contributed by atoms with Crippen molar-refractivity contribution in [3.63, 3.8) is 0 Å². The van der Waals surface area contributed by atoms with Crippen molar-refractivity contribution < 1.29 is 4.57 Å². The lowest BCUT2D eigenvalue weighted by Gasteiger charge is -2.07. The summed E-state index contributed by atoms with van der Waals surface area (Å²) in [7, 11) is 1.36. The molecule has 3 aromatic rings. The quantitative estimate of drug-likeness (QED) is 0.563. The van der Waals surface area contributed by atoms with Gasteiger partial charge in [-0.15, -0.1) is 9.24 Å². The van der Waals surface area contributed by atoms with E-state index in [1.807, 2.05) is 60.7 Å². The number of hydrogen-bond acceptors (Lipinski definition) is 1. The molecule has 0 aliphatic heterocycles. The molecule has 0 aliphatic rings. The Bertz CT molecular complexity index is 763. The zero-order chi connectivity index (χ0) is 18.2. The van der Waals surface area contributed by atoms with E-state index in [0.29, 0.717) is 0 Å².